The highest BCUT2D eigenvalue weighted by atomic mass is 32.2. The van der Waals surface area contributed by atoms with Crippen LogP contribution in [0.5, 0.6) is 0 Å². The number of carbonyl (C=O) groups is 1. The van der Waals surface area contributed by atoms with Crippen LogP contribution in [0.4, 0.5) is 5.69 Å². The molecule has 0 bridgehead atoms. The van der Waals surface area contributed by atoms with Crippen LogP contribution in [0.1, 0.15) is 19.4 Å². The minimum atomic E-state index is -3.57. The van der Waals surface area contributed by atoms with Crippen LogP contribution in [0.15, 0.2) is 24.3 Å². The summed E-state index contributed by atoms with van der Waals surface area (Å²) >= 11 is 0. The molecule has 0 spiro atoms. The maximum Gasteiger partial charge on any atom is 0.309 e. The minimum Gasteiger partial charge on any atom is -0.469 e. The van der Waals surface area contributed by atoms with E-state index in [0.29, 0.717) is 13.1 Å². The highest BCUT2D eigenvalue weighted by molar-refractivity contribution is 7.89. The Morgan fingerprint density at radius 3 is 2.70 bits per heavy atom. The zero-order valence-electron chi connectivity index (χ0n) is 14.0. The fourth-order valence-electron chi connectivity index (χ4n) is 2.98. The van der Waals surface area contributed by atoms with Crippen molar-refractivity contribution < 1.29 is 17.9 Å². The molecule has 1 aromatic rings. The summed E-state index contributed by atoms with van der Waals surface area (Å²) in [5.41, 5.74) is 2.01. The summed E-state index contributed by atoms with van der Waals surface area (Å²) < 4.78 is 31.7. The van der Waals surface area contributed by atoms with Gasteiger partial charge in [0.1, 0.15) is 0 Å². The van der Waals surface area contributed by atoms with Crippen molar-refractivity contribution in [2.24, 2.45) is 5.92 Å². The number of benzene rings is 1. The van der Waals surface area contributed by atoms with E-state index in [1.807, 2.05) is 38.2 Å². The zero-order valence-corrected chi connectivity index (χ0v) is 14.8. The Bertz CT molecular complexity index is 674. The van der Waals surface area contributed by atoms with Crippen molar-refractivity contribution in [2.45, 2.75) is 26.4 Å². The Labute approximate surface area is 138 Å². The second-order valence-corrected chi connectivity index (χ2v) is 8.07. The second kappa shape index (κ2) is 6.88. The van der Waals surface area contributed by atoms with Gasteiger partial charge in [-0.05, 0) is 18.6 Å². The molecule has 0 fully saturated rings. The van der Waals surface area contributed by atoms with Crippen molar-refractivity contribution in [3.05, 3.63) is 29.8 Å². The quantitative estimate of drug-likeness (QED) is 0.777. The molecule has 7 heteroatoms. The lowest BCUT2D eigenvalue weighted by atomic mass is 10.1. The molecule has 6 nitrogen and oxygen atoms in total. The number of hydrogen-bond acceptors (Lipinski definition) is 5. The van der Waals surface area contributed by atoms with Gasteiger partial charge in [0.2, 0.25) is 10.0 Å². The van der Waals surface area contributed by atoms with Gasteiger partial charge >= 0.3 is 5.97 Å². The van der Waals surface area contributed by atoms with E-state index in [9.17, 15) is 13.2 Å². The number of fused-ring (bicyclic) bond motifs is 1. The van der Waals surface area contributed by atoms with Gasteiger partial charge in [-0.25, -0.2) is 8.42 Å². The summed E-state index contributed by atoms with van der Waals surface area (Å²) in [5.74, 6) is -1.43. The number of hydrogen-bond donors (Lipinski definition) is 0. The first-order chi connectivity index (χ1) is 10.8. The number of esters is 1. The first-order valence-electron chi connectivity index (χ1n) is 7.62. The lowest BCUT2D eigenvalue weighted by Crippen LogP contribution is -2.44. The fraction of sp³-hybridized carbons (Fsp3) is 0.562. The maximum atomic E-state index is 12.8. The van der Waals surface area contributed by atoms with Crippen LogP contribution in [-0.4, -0.2) is 51.2 Å². The number of para-hydroxylation sites is 1. The average molecular weight is 340 g/mol. The largest absolute Gasteiger partial charge is 0.469 e. The molecule has 1 heterocycles. The molecule has 0 radical (unpaired) electrons. The number of rotatable bonds is 4. The molecule has 0 aromatic heterocycles. The van der Waals surface area contributed by atoms with Gasteiger partial charge in [-0.1, -0.05) is 25.1 Å². The molecule has 2 rings (SSSR count). The lowest BCUT2D eigenvalue weighted by Gasteiger charge is -2.28. The molecule has 0 amide bonds. The van der Waals surface area contributed by atoms with Gasteiger partial charge in [-0.2, -0.15) is 4.31 Å². The van der Waals surface area contributed by atoms with Crippen LogP contribution in [0.25, 0.3) is 0 Å². The zero-order chi connectivity index (χ0) is 17.2. The Hall–Kier alpha value is -1.60. The van der Waals surface area contributed by atoms with E-state index >= 15 is 0 Å². The first kappa shape index (κ1) is 17.7. The van der Waals surface area contributed by atoms with Crippen molar-refractivity contribution in [2.75, 3.05) is 31.4 Å². The second-order valence-electron chi connectivity index (χ2n) is 6.11. The summed E-state index contributed by atoms with van der Waals surface area (Å²) in [7, 11) is -0.341. The molecular formula is C16H24N2O4S. The van der Waals surface area contributed by atoms with E-state index in [1.54, 1.807) is 6.92 Å². The molecule has 0 N–H and O–H groups in total. The smallest absolute Gasteiger partial charge is 0.309 e. The third-order valence-corrected chi connectivity index (χ3v) is 6.31. The third-order valence-electron chi connectivity index (χ3n) is 4.18. The van der Waals surface area contributed by atoms with Gasteiger partial charge in [0, 0.05) is 31.9 Å². The normalized spacial score (nSPS) is 20.5. The Kier molecular flexibility index (Phi) is 5.31. The number of nitrogens with zero attached hydrogens (tertiary/aromatic N) is 2. The molecule has 128 valence electrons. The predicted octanol–water partition coefficient (Wildman–Crippen LogP) is 1.47. The number of likely N-dealkylation sites (N-methyl/N-ethyl adjacent to an activating group) is 1. The van der Waals surface area contributed by atoms with Crippen LogP contribution in [0.2, 0.25) is 0 Å². The fourth-order valence-corrected chi connectivity index (χ4v) is 4.89. The van der Waals surface area contributed by atoms with E-state index in [0.717, 1.165) is 11.3 Å². The Morgan fingerprint density at radius 2 is 2.04 bits per heavy atom. The standard InChI is InChI=1S/C16H24N2O4S/c1-12(16(19)22-4)11-23(20,21)18-10-14-7-5-6-8-15(14)17(3)9-13(18)2/h5-8,12-13H,9-11H2,1-4H3/t12-,13-/m1/s1. The van der Waals surface area contributed by atoms with Crippen molar-refractivity contribution in [1.82, 2.24) is 4.31 Å². The van der Waals surface area contributed by atoms with Crippen LogP contribution >= 0.6 is 0 Å². The SMILES string of the molecule is COC(=O)[C@H](C)CS(=O)(=O)N1Cc2ccccc2N(C)C[C@H]1C. The third kappa shape index (κ3) is 3.84. The number of ether oxygens (including phenoxy) is 1. The van der Waals surface area contributed by atoms with Crippen LogP contribution in [0, 0.1) is 5.92 Å². The van der Waals surface area contributed by atoms with Crippen LogP contribution in [-0.2, 0) is 26.1 Å². The van der Waals surface area contributed by atoms with Crippen molar-refractivity contribution >= 4 is 21.7 Å². The van der Waals surface area contributed by atoms with E-state index in [4.69, 9.17) is 0 Å². The van der Waals surface area contributed by atoms with Gasteiger partial charge in [-0.15, -0.1) is 0 Å². The molecule has 1 aromatic carbocycles. The lowest BCUT2D eigenvalue weighted by molar-refractivity contribution is -0.144. The van der Waals surface area contributed by atoms with E-state index in [2.05, 4.69) is 9.64 Å². The molecule has 0 saturated heterocycles. The molecule has 0 aliphatic carbocycles. The van der Waals surface area contributed by atoms with Gasteiger partial charge in [0.15, 0.2) is 0 Å². The Balaban J connectivity index is 2.29. The molecule has 0 saturated carbocycles. The highest BCUT2D eigenvalue weighted by Crippen LogP contribution is 2.28. The molecular weight excluding hydrogens is 316 g/mol. The van der Waals surface area contributed by atoms with Gasteiger partial charge in [0.25, 0.3) is 0 Å². The molecule has 2 atom stereocenters. The van der Waals surface area contributed by atoms with E-state index in [1.165, 1.54) is 11.4 Å². The predicted molar refractivity (Wildman–Crippen MR) is 89.7 cm³/mol. The van der Waals surface area contributed by atoms with E-state index < -0.39 is 21.9 Å². The van der Waals surface area contributed by atoms with Crippen LogP contribution < -0.4 is 4.90 Å². The minimum absolute atomic E-state index is 0.178. The number of anilines is 1. The number of sulfonamides is 1. The molecule has 1 aliphatic rings. The van der Waals surface area contributed by atoms with Gasteiger partial charge in [0.05, 0.1) is 18.8 Å². The molecule has 0 unspecified atom stereocenters. The van der Waals surface area contributed by atoms with Crippen molar-refractivity contribution in [3.63, 3.8) is 0 Å². The summed E-state index contributed by atoms with van der Waals surface area (Å²) in [6.07, 6.45) is 0. The van der Waals surface area contributed by atoms with E-state index in [-0.39, 0.29) is 11.8 Å². The molecule has 1 aliphatic heterocycles. The highest BCUT2D eigenvalue weighted by Gasteiger charge is 2.34. The average Bonchev–Trinajstić information content (AvgIpc) is 2.63. The Morgan fingerprint density at radius 1 is 1.39 bits per heavy atom. The van der Waals surface area contributed by atoms with Crippen molar-refractivity contribution in [1.29, 1.82) is 0 Å². The molecule has 23 heavy (non-hydrogen) atoms. The number of carbonyl (C=O) groups excluding carboxylic acids is 1. The van der Waals surface area contributed by atoms with Gasteiger partial charge < -0.3 is 9.64 Å². The summed E-state index contributed by atoms with van der Waals surface area (Å²) in [4.78, 5) is 13.6. The van der Waals surface area contributed by atoms with Crippen molar-refractivity contribution in [3.8, 4) is 0 Å². The summed E-state index contributed by atoms with van der Waals surface area (Å²) in [6.45, 7) is 4.38. The summed E-state index contributed by atoms with van der Waals surface area (Å²) in [5, 5.41) is 0. The summed E-state index contributed by atoms with van der Waals surface area (Å²) in [6, 6.07) is 7.61. The monoisotopic (exact) mass is 340 g/mol. The van der Waals surface area contributed by atoms with Gasteiger partial charge in [-0.3, -0.25) is 4.79 Å². The maximum absolute atomic E-state index is 12.8. The topological polar surface area (TPSA) is 66.9 Å². The van der Waals surface area contributed by atoms with Crippen LogP contribution in [0.3, 0.4) is 0 Å². The number of methoxy groups -OCH3 is 1. The first-order valence-corrected chi connectivity index (χ1v) is 9.23.